The molecule has 22 heavy (non-hydrogen) atoms. The number of benzene rings is 1. The van der Waals surface area contributed by atoms with Crippen LogP contribution in [-0.4, -0.2) is 51.7 Å². The summed E-state index contributed by atoms with van der Waals surface area (Å²) in [4.78, 5) is 14.4. The molecule has 0 atom stereocenters. The van der Waals surface area contributed by atoms with Gasteiger partial charge in [0.2, 0.25) is 10.0 Å². The summed E-state index contributed by atoms with van der Waals surface area (Å²) in [7, 11) is -3.29. The summed E-state index contributed by atoms with van der Waals surface area (Å²) < 4.78 is 24.6. The SMILES string of the molecule is CS(=O)(=O)Nc1ccc(C(=O)NCCCN2CCCC2)cc1. The summed E-state index contributed by atoms with van der Waals surface area (Å²) in [5.41, 5.74) is 0.980. The second-order valence-corrected chi connectivity index (χ2v) is 7.36. The molecule has 122 valence electrons. The number of nitrogens with one attached hydrogen (secondary N) is 2. The minimum absolute atomic E-state index is 0.132. The molecule has 1 aliphatic rings. The lowest BCUT2D eigenvalue weighted by molar-refractivity contribution is 0.0952. The molecule has 0 saturated carbocycles. The second kappa shape index (κ2) is 7.60. The first-order chi connectivity index (χ1) is 10.4. The van der Waals surface area contributed by atoms with Gasteiger partial charge in [-0.1, -0.05) is 0 Å². The number of sulfonamides is 1. The van der Waals surface area contributed by atoms with Gasteiger partial charge in [0, 0.05) is 17.8 Å². The molecule has 1 fully saturated rings. The van der Waals surface area contributed by atoms with E-state index in [4.69, 9.17) is 0 Å². The topological polar surface area (TPSA) is 78.5 Å². The highest BCUT2D eigenvalue weighted by atomic mass is 32.2. The zero-order valence-electron chi connectivity index (χ0n) is 12.8. The Morgan fingerprint density at radius 3 is 2.41 bits per heavy atom. The molecule has 1 aromatic rings. The number of carbonyl (C=O) groups excluding carboxylic acids is 1. The molecule has 0 bridgehead atoms. The molecular formula is C15H23N3O3S. The fourth-order valence-electron chi connectivity index (χ4n) is 2.52. The third kappa shape index (κ3) is 5.65. The van der Waals surface area contributed by atoms with E-state index in [0.29, 0.717) is 17.8 Å². The van der Waals surface area contributed by atoms with E-state index in [2.05, 4.69) is 14.9 Å². The highest BCUT2D eigenvalue weighted by Gasteiger charge is 2.11. The van der Waals surface area contributed by atoms with Crippen molar-refractivity contribution in [2.75, 3.05) is 37.2 Å². The molecule has 1 amide bonds. The van der Waals surface area contributed by atoms with Crippen molar-refractivity contribution in [2.45, 2.75) is 19.3 Å². The zero-order valence-corrected chi connectivity index (χ0v) is 13.7. The van der Waals surface area contributed by atoms with Crippen LogP contribution in [0.5, 0.6) is 0 Å². The van der Waals surface area contributed by atoms with E-state index >= 15 is 0 Å². The lowest BCUT2D eigenvalue weighted by Crippen LogP contribution is -2.28. The average Bonchev–Trinajstić information content (AvgIpc) is 2.95. The van der Waals surface area contributed by atoms with Crippen molar-refractivity contribution in [2.24, 2.45) is 0 Å². The van der Waals surface area contributed by atoms with Crippen LogP contribution in [0.15, 0.2) is 24.3 Å². The smallest absolute Gasteiger partial charge is 0.251 e. The van der Waals surface area contributed by atoms with Crippen LogP contribution in [0.1, 0.15) is 29.6 Å². The fraction of sp³-hybridized carbons (Fsp3) is 0.533. The van der Waals surface area contributed by atoms with Crippen molar-refractivity contribution in [1.29, 1.82) is 0 Å². The van der Waals surface area contributed by atoms with Crippen molar-refractivity contribution < 1.29 is 13.2 Å². The Morgan fingerprint density at radius 2 is 1.82 bits per heavy atom. The van der Waals surface area contributed by atoms with Crippen molar-refractivity contribution in [3.05, 3.63) is 29.8 Å². The monoisotopic (exact) mass is 325 g/mol. The second-order valence-electron chi connectivity index (χ2n) is 5.61. The number of carbonyl (C=O) groups is 1. The first-order valence-corrected chi connectivity index (χ1v) is 9.41. The molecule has 1 aromatic carbocycles. The first-order valence-electron chi connectivity index (χ1n) is 7.52. The van der Waals surface area contributed by atoms with Crippen LogP contribution >= 0.6 is 0 Å². The van der Waals surface area contributed by atoms with E-state index in [1.807, 2.05) is 0 Å². The molecule has 0 aromatic heterocycles. The van der Waals surface area contributed by atoms with Crippen LogP contribution in [0.2, 0.25) is 0 Å². The van der Waals surface area contributed by atoms with Crippen LogP contribution in [-0.2, 0) is 10.0 Å². The van der Waals surface area contributed by atoms with Crippen molar-refractivity contribution >= 4 is 21.6 Å². The molecule has 0 spiro atoms. The molecule has 2 N–H and O–H groups in total. The van der Waals surface area contributed by atoms with Crippen LogP contribution < -0.4 is 10.0 Å². The third-order valence-corrected chi connectivity index (χ3v) is 4.19. The molecule has 2 rings (SSSR count). The molecule has 1 saturated heterocycles. The summed E-state index contributed by atoms with van der Waals surface area (Å²) >= 11 is 0. The van der Waals surface area contributed by atoms with E-state index in [1.165, 1.54) is 25.9 Å². The van der Waals surface area contributed by atoms with Gasteiger partial charge in [-0.25, -0.2) is 8.42 Å². The van der Waals surface area contributed by atoms with Gasteiger partial charge in [-0.15, -0.1) is 0 Å². The Labute approximate surface area is 131 Å². The van der Waals surface area contributed by atoms with Crippen LogP contribution in [0.3, 0.4) is 0 Å². The maximum atomic E-state index is 12.0. The Kier molecular flexibility index (Phi) is 5.79. The Morgan fingerprint density at radius 1 is 1.18 bits per heavy atom. The van der Waals surface area contributed by atoms with Gasteiger partial charge in [-0.05, 0) is 63.2 Å². The lowest BCUT2D eigenvalue weighted by Gasteiger charge is -2.14. The Hall–Kier alpha value is -1.60. The summed E-state index contributed by atoms with van der Waals surface area (Å²) in [6.07, 6.45) is 4.59. The largest absolute Gasteiger partial charge is 0.352 e. The normalized spacial score (nSPS) is 15.7. The van der Waals surface area contributed by atoms with Gasteiger partial charge < -0.3 is 10.2 Å². The molecule has 1 heterocycles. The highest BCUT2D eigenvalue weighted by molar-refractivity contribution is 7.92. The number of amides is 1. The Balaban J connectivity index is 1.74. The maximum absolute atomic E-state index is 12.0. The summed E-state index contributed by atoms with van der Waals surface area (Å²) in [5, 5.41) is 2.89. The van der Waals surface area contributed by atoms with Gasteiger partial charge in [0.05, 0.1) is 6.26 Å². The maximum Gasteiger partial charge on any atom is 0.251 e. The number of hydrogen-bond acceptors (Lipinski definition) is 4. The summed E-state index contributed by atoms with van der Waals surface area (Å²) in [5.74, 6) is -0.132. The molecule has 6 nitrogen and oxygen atoms in total. The molecular weight excluding hydrogens is 302 g/mol. The molecule has 1 aliphatic heterocycles. The quantitative estimate of drug-likeness (QED) is 0.740. The molecule has 7 heteroatoms. The minimum atomic E-state index is -3.29. The highest BCUT2D eigenvalue weighted by Crippen LogP contribution is 2.11. The van der Waals surface area contributed by atoms with Crippen molar-refractivity contribution in [1.82, 2.24) is 10.2 Å². The van der Waals surface area contributed by atoms with E-state index in [1.54, 1.807) is 24.3 Å². The zero-order chi connectivity index (χ0) is 16.0. The van der Waals surface area contributed by atoms with Crippen molar-refractivity contribution in [3.63, 3.8) is 0 Å². The first kappa shape index (κ1) is 16.8. The van der Waals surface area contributed by atoms with E-state index in [0.717, 1.165) is 19.2 Å². The average molecular weight is 325 g/mol. The number of nitrogens with zero attached hydrogens (tertiary/aromatic N) is 1. The standard InChI is InChI=1S/C15H23N3O3S/c1-22(20,21)17-14-7-5-13(6-8-14)15(19)16-9-4-12-18-10-2-3-11-18/h5-8,17H,2-4,9-12H2,1H3,(H,16,19). The van der Waals surface area contributed by atoms with E-state index in [9.17, 15) is 13.2 Å². The van der Waals surface area contributed by atoms with Crippen LogP contribution in [0.4, 0.5) is 5.69 Å². The van der Waals surface area contributed by atoms with Gasteiger partial charge in [0.25, 0.3) is 5.91 Å². The van der Waals surface area contributed by atoms with Crippen molar-refractivity contribution in [3.8, 4) is 0 Å². The summed E-state index contributed by atoms with van der Waals surface area (Å²) in [6.45, 7) is 4.02. The van der Waals surface area contributed by atoms with Crippen LogP contribution in [0, 0.1) is 0 Å². The van der Waals surface area contributed by atoms with Gasteiger partial charge in [0.15, 0.2) is 0 Å². The lowest BCUT2D eigenvalue weighted by atomic mass is 10.2. The van der Waals surface area contributed by atoms with E-state index < -0.39 is 10.0 Å². The minimum Gasteiger partial charge on any atom is -0.352 e. The number of rotatable bonds is 7. The molecule has 0 radical (unpaired) electrons. The van der Waals surface area contributed by atoms with E-state index in [-0.39, 0.29) is 5.91 Å². The van der Waals surface area contributed by atoms with Gasteiger partial charge >= 0.3 is 0 Å². The molecule has 0 unspecified atom stereocenters. The summed E-state index contributed by atoms with van der Waals surface area (Å²) in [6, 6.07) is 6.40. The number of hydrogen-bond donors (Lipinski definition) is 2. The fourth-order valence-corrected chi connectivity index (χ4v) is 3.08. The van der Waals surface area contributed by atoms with Gasteiger partial charge in [0.1, 0.15) is 0 Å². The molecule has 0 aliphatic carbocycles. The van der Waals surface area contributed by atoms with Crippen LogP contribution in [0.25, 0.3) is 0 Å². The number of likely N-dealkylation sites (tertiary alicyclic amines) is 1. The number of anilines is 1. The predicted molar refractivity (Wildman–Crippen MR) is 87.5 cm³/mol. The predicted octanol–water partition coefficient (Wildman–Crippen LogP) is 1.27. The third-order valence-electron chi connectivity index (χ3n) is 3.59. The van der Waals surface area contributed by atoms with Gasteiger partial charge in [-0.3, -0.25) is 9.52 Å². The van der Waals surface area contributed by atoms with Gasteiger partial charge in [-0.2, -0.15) is 0 Å². The Bertz CT molecular complexity index is 593.